The lowest BCUT2D eigenvalue weighted by Crippen LogP contribution is -2.15. The summed E-state index contributed by atoms with van der Waals surface area (Å²) >= 11 is 5.87. The van der Waals surface area contributed by atoms with Crippen LogP contribution in [0.3, 0.4) is 0 Å². The first-order valence-electron chi connectivity index (χ1n) is 6.60. The van der Waals surface area contributed by atoms with Crippen LogP contribution in [-0.4, -0.2) is 11.6 Å². The molecule has 0 saturated heterocycles. The zero-order chi connectivity index (χ0) is 14.1. The predicted octanol–water partition coefficient (Wildman–Crippen LogP) is 4.17. The summed E-state index contributed by atoms with van der Waals surface area (Å²) < 4.78 is 0. The molecule has 2 aromatic carbocycles. The number of hydrogen-bond acceptors (Lipinski definition) is 2. The molecule has 0 radical (unpaired) electrons. The van der Waals surface area contributed by atoms with Crippen molar-refractivity contribution in [2.45, 2.75) is 12.8 Å². The Kier molecular flexibility index (Phi) is 3.41. The fraction of sp³-hybridized carbons (Fsp3) is 0.176. The molecule has 0 spiro atoms. The molecule has 0 heterocycles. The fourth-order valence-corrected chi connectivity index (χ4v) is 2.28. The molecule has 2 nitrogen and oxygen atoms in total. The Bertz CT molecular complexity index is 670. The maximum atomic E-state index is 12.1. The average molecular weight is 285 g/mol. The molecule has 1 aliphatic carbocycles. The van der Waals surface area contributed by atoms with Crippen molar-refractivity contribution in [2.24, 2.45) is 5.92 Å². The van der Waals surface area contributed by atoms with Crippen molar-refractivity contribution in [3.8, 4) is 11.1 Å². The number of Topliss-reactive ketones (excluding diaryl/α,β-unsaturated/α-hetero) is 2. The van der Waals surface area contributed by atoms with E-state index in [1.807, 2.05) is 18.2 Å². The third-order valence-electron chi connectivity index (χ3n) is 3.47. The van der Waals surface area contributed by atoms with Gasteiger partial charge in [0.1, 0.15) is 0 Å². The third kappa shape index (κ3) is 2.66. The fourth-order valence-electron chi connectivity index (χ4n) is 2.16. The van der Waals surface area contributed by atoms with E-state index in [0.717, 1.165) is 24.0 Å². The quantitative estimate of drug-likeness (QED) is 0.624. The van der Waals surface area contributed by atoms with Gasteiger partial charge in [-0.1, -0.05) is 41.9 Å². The molecular formula is C17H13ClO2. The highest BCUT2D eigenvalue weighted by atomic mass is 35.5. The Hall–Kier alpha value is -1.93. The molecule has 100 valence electrons. The second-order valence-corrected chi connectivity index (χ2v) is 5.49. The topological polar surface area (TPSA) is 34.1 Å². The molecule has 2 aromatic rings. The minimum Gasteiger partial charge on any atom is -0.290 e. The first-order chi connectivity index (χ1) is 9.65. The van der Waals surface area contributed by atoms with Crippen LogP contribution in [0, 0.1) is 5.92 Å². The summed E-state index contributed by atoms with van der Waals surface area (Å²) in [5.74, 6) is -0.664. The minimum absolute atomic E-state index is 0.0401. The van der Waals surface area contributed by atoms with Crippen molar-refractivity contribution in [3.63, 3.8) is 0 Å². The van der Waals surface area contributed by atoms with Gasteiger partial charge >= 0.3 is 0 Å². The molecule has 0 aliphatic heterocycles. The lowest BCUT2D eigenvalue weighted by molar-refractivity contribution is -0.116. The summed E-state index contributed by atoms with van der Waals surface area (Å²) in [6.07, 6.45) is 1.70. The van der Waals surface area contributed by atoms with Crippen LogP contribution in [-0.2, 0) is 4.79 Å². The number of rotatable bonds is 4. The SMILES string of the molecule is O=C(C(=O)C1CC1)c1cccc(-c2ccc(Cl)cc2)c1. The maximum absolute atomic E-state index is 12.1. The van der Waals surface area contributed by atoms with Crippen molar-refractivity contribution in [2.75, 3.05) is 0 Å². The van der Waals surface area contributed by atoms with Crippen molar-refractivity contribution < 1.29 is 9.59 Å². The van der Waals surface area contributed by atoms with Crippen molar-refractivity contribution >= 4 is 23.2 Å². The van der Waals surface area contributed by atoms with Gasteiger partial charge in [-0.3, -0.25) is 9.59 Å². The Labute approximate surface area is 122 Å². The van der Waals surface area contributed by atoms with E-state index in [0.29, 0.717) is 10.6 Å². The van der Waals surface area contributed by atoms with Crippen LogP contribution in [0.1, 0.15) is 23.2 Å². The number of benzene rings is 2. The molecule has 3 heteroatoms. The summed E-state index contributed by atoms with van der Waals surface area (Å²) in [5.41, 5.74) is 2.35. The predicted molar refractivity (Wildman–Crippen MR) is 78.9 cm³/mol. The van der Waals surface area contributed by atoms with Gasteiger partial charge in [0.2, 0.25) is 11.6 Å². The summed E-state index contributed by atoms with van der Waals surface area (Å²) in [7, 11) is 0. The number of ketones is 2. The van der Waals surface area contributed by atoms with Crippen LogP contribution in [0.4, 0.5) is 0 Å². The van der Waals surface area contributed by atoms with E-state index in [2.05, 4.69) is 0 Å². The lowest BCUT2D eigenvalue weighted by atomic mass is 9.99. The van der Waals surface area contributed by atoms with E-state index < -0.39 is 0 Å². The lowest BCUT2D eigenvalue weighted by Gasteiger charge is -2.05. The van der Waals surface area contributed by atoms with Gasteiger partial charge in [0.05, 0.1) is 0 Å². The standard InChI is InChI=1S/C17H13ClO2/c18-15-8-6-11(7-9-15)13-2-1-3-14(10-13)17(20)16(19)12-4-5-12/h1-3,6-10,12H,4-5H2. The van der Waals surface area contributed by atoms with Crippen LogP contribution < -0.4 is 0 Å². The summed E-state index contributed by atoms with van der Waals surface area (Å²) in [5, 5.41) is 0.671. The second-order valence-electron chi connectivity index (χ2n) is 5.06. The molecule has 3 rings (SSSR count). The molecule has 1 aliphatic rings. The highest BCUT2D eigenvalue weighted by Gasteiger charge is 2.34. The van der Waals surface area contributed by atoms with E-state index in [4.69, 9.17) is 11.6 Å². The second kappa shape index (κ2) is 5.22. The van der Waals surface area contributed by atoms with E-state index in [-0.39, 0.29) is 17.5 Å². The molecule has 1 fully saturated rings. The number of carbonyl (C=O) groups excluding carboxylic acids is 2. The van der Waals surface area contributed by atoms with Gasteiger partial charge in [0.25, 0.3) is 0 Å². The van der Waals surface area contributed by atoms with Gasteiger partial charge in [0, 0.05) is 16.5 Å². The Morgan fingerprint density at radius 3 is 2.30 bits per heavy atom. The summed E-state index contributed by atoms with van der Waals surface area (Å²) in [4.78, 5) is 23.9. The molecule has 0 aromatic heterocycles. The highest BCUT2D eigenvalue weighted by Crippen LogP contribution is 2.31. The first-order valence-corrected chi connectivity index (χ1v) is 6.97. The summed E-state index contributed by atoms with van der Waals surface area (Å²) in [6.45, 7) is 0. The number of hydrogen-bond donors (Lipinski definition) is 0. The molecule has 0 N–H and O–H groups in total. The van der Waals surface area contributed by atoms with Crippen LogP contribution in [0.15, 0.2) is 48.5 Å². The van der Waals surface area contributed by atoms with Gasteiger partial charge in [-0.2, -0.15) is 0 Å². The van der Waals surface area contributed by atoms with Crippen molar-refractivity contribution in [1.82, 2.24) is 0 Å². The maximum Gasteiger partial charge on any atom is 0.228 e. The molecule has 0 amide bonds. The number of halogens is 1. The third-order valence-corrected chi connectivity index (χ3v) is 3.73. The van der Waals surface area contributed by atoms with Crippen LogP contribution in [0.2, 0.25) is 5.02 Å². The molecular weight excluding hydrogens is 272 g/mol. The van der Waals surface area contributed by atoms with Crippen molar-refractivity contribution in [3.05, 3.63) is 59.1 Å². The van der Waals surface area contributed by atoms with Gasteiger partial charge in [0.15, 0.2) is 0 Å². The van der Waals surface area contributed by atoms with E-state index in [1.54, 1.807) is 30.3 Å². The monoisotopic (exact) mass is 284 g/mol. The number of carbonyl (C=O) groups is 2. The van der Waals surface area contributed by atoms with Gasteiger partial charge in [-0.15, -0.1) is 0 Å². The molecule has 0 unspecified atom stereocenters. The molecule has 20 heavy (non-hydrogen) atoms. The molecule has 0 bridgehead atoms. The molecule has 0 atom stereocenters. The average Bonchev–Trinajstić information content (AvgIpc) is 3.31. The first kappa shape index (κ1) is 13.1. The highest BCUT2D eigenvalue weighted by molar-refractivity contribution is 6.44. The van der Waals surface area contributed by atoms with Gasteiger partial charge in [-0.25, -0.2) is 0 Å². The largest absolute Gasteiger partial charge is 0.290 e. The van der Waals surface area contributed by atoms with Crippen LogP contribution in [0.25, 0.3) is 11.1 Å². The zero-order valence-corrected chi connectivity index (χ0v) is 11.6. The van der Waals surface area contributed by atoms with Crippen LogP contribution in [0.5, 0.6) is 0 Å². The van der Waals surface area contributed by atoms with E-state index >= 15 is 0 Å². The van der Waals surface area contributed by atoms with Crippen molar-refractivity contribution in [1.29, 1.82) is 0 Å². The Morgan fingerprint density at radius 1 is 0.950 bits per heavy atom. The Morgan fingerprint density at radius 2 is 1.65 bits per heavy atom. The zero-order valence-electron chi connectivity index (χ0n) is 10.8. The minimum atomic E-state index is -0.372. The summed E-state index contributed by atoms with van der Waals surface area (Å²) in [6, 6.07) is 14.6. The molecule has 1 saturated carbocycles. The van der Waals surface area contributed by atoms with Gasteiger partial charge in [-0.05, 0) is 42.2 Å². The van der Waals surface area contributed by atoms with Crippen LogP contribution >= 0.6 is 11.6 Å². The van der Waals surface area contributed by atoms with E-state index in [1.165, 1.54) is 0 Å². The normalized spacial score (nSPS) is 14.1. The van der Waals surface area contributed by atoms with Gasteiger partial charge < -0.3 is 0 Å². The Balaban J connectivity index is 1.91. The van der Waals surface area contributed by atoms with E-state index in [9.17, 15) is 9.59 Å². The smallest absolute Gasteiger partial charge is 0.228 e.